The molecule has 1 rings (SSSR count). The van der Waals surface area contributed by atoms with E-state index in [1.165, 1.54) is 14.2 Å². The largest absolute Gasteiger partial charge is 0.496 e. The van der Waals surface area contributed by atoms with E-state index >= 15 is 0 Å². The highest BCUT2D eigenvalue weighted by Crippen LogP contribution is 2.31. The van der Waals surface area contributed by atoms with Gasteiger partial charge in [-0.05, 0) is 12.1 Å². The van der Waals surface area contributed by atoms with E-state index in [4.69, 9.17) is 15.2 Å². The lowest BCUT2D eigenvalue weighted by molar-refractivity contribution is -0.117. The van der Waals surface area contributed by atoms with Gasteiger partial charge in [0.05, 0.1) is 19.8 Å². The minimum atomic E-state index is -0.423. The third-order valence-electron chi connectivity index (χ3n) is 2.31. The molecule has 0 bridgehead atoms. The number of methoxy groups -OCH3 is 2. The fourth-order valence-electron chi connectivity index (χ4n) is 1.48. The van der Waals surface area contributed by atoms with Crippen LogP contribution in [0.2, 0.25) is 0 Å². The monoisotopic (exact) mass is 249 g/mol. The second-order valence-electron chi connectivity index (χ2n) is 3.53. The zero-order valence-corrected chi connectivity index (χ0v) is 10.3. The quantitative estimate of drug-likeness (QED) is 0.773. The predicted octanol–water partition coefficient (Wildman–Crippen LogP) is 1.40. The molecule has 18 heavy (non-hydrogen) atoms. The molecule has 1 aromatic rings. The highest BCUT2D eigenvalue weighted by Gasteiger charge is 2.09. The van der Waals surface area contributed by atoms with Crippen LogP contribution in [-0.2, 0) is 4.79 Å². The van der Waals surface area contributed by atoms with Crippen molar-refractivity contribution in [3.63, 3.8) is 0 Å². The van der Waals surface area contributed by atoms with Crippen molar-refractivity contribution in [3.8, 4) is 11.5 Å². The molecule has 0 aliphatic heterocycles. The van der Waals surface area contributed by atoms with Gasteiger partial charge in [-0.3, -0.25) is 9.59 Å². The molecule has 5 heteroatoms. The smallest absolute Gasteiger partial charge is 0.221 e. The lowest BCUT2D eigenvalue weighted by Crippen LogP contribution is -2.07. The topological polar surface area (TPSA) is 78.6 Å². The Kier molecular flexibility index (Phi) is 4.92. The van der Waals surface area contributed by atoms with E-state index in [9.17, 15) is 9.59 Å². The van der Waals surface area contributed by atoms with E-state index in [2.05, 4.69) is 0 Å². The molecule has 0 radical (unpaired) electrons. The van der Waals surface area contributed by atoms with Crippen LogP contribution in [0, 0.1) is 0 Å². The minimum Gasteiger partial charge on any atom is -0.496 e. The molecule has 2 N–H and O–H groups in total. The highest BCUT2D eigenvalue weighted by molar-refractivity contribution is 5.81. The second kappa shape index (κ2) is 6.44. The zero-order chi connectivity index (χ0) is 13.5. The van der Waals surface area contributed by atoms with E-state index in [0.29, 0.717) is 28.9 Å². The van der Waals surface area contributed by atoms with Gasteiger partial charge in [0, 0.05) is 12.0 Å². The van der Waals surface area contributed by atoms with Crippen molar-refractivity contribution >= 4 is 18.3 Å². The Morgan fingerprint density at radius 2 is 1.83 bits per heavy atom. The Morgan fingerprint density at radius 3 is 2.22 bits per heavy atom. The summed E-state index contributed by atoms with van der Waals surface area (Å²) >= 11 is 0. The number of primary amides is 1. The first-order chi connectivity index (χ1) is 8.62. The van der Waals surface area contributed by atoms with Crippen molar-refractivity contribution in [1.82, 2.24) is 0 Å². The van der Waals surface area contributed by atoms with Gasteiger partial charge in [-0.25, -0.2) is 0 Å². The van der Waals surface area contributed by atoms with E-state index in [1.54, 1.807) is 24.3 Å². The number of aldehydes is 1. The third kappa shape index (κ3) is 3.35. The summed E-state index contributed by atoms with van der Waals surface area (Å²) in [6.45, 7) is 0. The summed E-state index contributed by atoms with van der Waals surface area (Å²) in [4.78, 5) is 21.4. The van der Waals surface area contributed by atoms with E-state index < -0.39 is 5.91 Å². The van der Waals surface area contributed by atoms with Crippen molar-refractivity contribution in [2.24, 2.45) is 5.73 Å². The Hall–Kier alpha value is -2.30. The molecular formula is C13H15NO4. The molecule has 0 spiro atoms. The van der Waals surface area contributed by atoms with Crippen molar-refractivity contribution in [2.45, 2.75) is 6.42 Å². The first-order valence-corrected chi connectivity index (χ1v) is 5.28. The van der Waals surface area contributed by atoms with Crippen LogP contribution in [0.3, 0.4) is 0 Å². The van der Waals surface area contributed by atoms with Crippen LogP contribution in [0.1, 0.15) is 22.3 Å². The maximum Gasteiger partial charge on any atom is 0.221 e. The summed E-state index contributed by atoms with van der Waals surface area (Å²) in [5, 5.41) is 0. The molecule has 1 amide bonds. The van der Waals surface area contributed by atoms with Crippen LogP contribution in [0.25, 0.3) is 6.08 Å². The number of benzene rings is 1. The Balaban J connectivity index is 3.18. The Labute approximate surface area is 105 Å². The average molecular weight is 249 g/mol. The molecule has 96 valence electrons. The number of carbonyl (C=O) groups is 2. The summed E-state index contributed by atoms with van der Waals surface area (Å²) in [6, 6.07) is 3.19. The molecule has 0 saturated heterocycles. The second-order valence-corrected chi connectivity index (χ2v) is 3.53. The van der Waals surface area contributed by atoms with Gasteiger partial charge in [0.2, 0.25) is 5.91 Å². The van der Waals surface area contributed by atoms with Crippen LogP contribution in [0.15, 0.2) is 18.2 Å². The molecule has 0 saturated carbocycles. The van der Waals surface area contributed by atoms with Crippen LogP contribution < -0.4 is 15.2 Å². The SMILES string of the molecule is COc1cc(C=O)cc(OC)c1C=CCC(N)=O. The summed E-state index contributed by atoms with van der Waals surface area (Å²) < 4.78 is 10.4. The number of hydrogen-bond acceptors (Lipinski definition) is 4. The summed E-state index contributed by atoms with van der Waals surface area (Å²) in [6.07, 6.45) is 4.13. The van der Waals surface area contributed by atoms with Gasteiger partial charge >= 0.3 is 0 Å². The number of amides is 1. The maximum atomic E-state index is 10.8. The van der Waals surface area contributed by atoms with Gasteiger partial charge in [-0.15, -0.1) is 0 Å². The van der Waals surface area contributed by atoms with Crippen LogP contribution in [-0.4, -0.2) is 26.4 Å². The van der Waals surface area contributed by atoms with Gasteiger partial charge in [0.1, 0.15) is 17.8 Å². The lowest BCUT2D eigenvalue weighted by Gasteiger charge is -2.11. The van der Waals surface area contributed by atoms with Crippen molar-refractivity contribution < 1.29 is 19.1 Å². The van der Waals surface area contributed by atoms with E-state index in [0.717, 1.165) is 0 Å². The normalized spacial score (nSPS) is 10.3. The molecule has 0 aromatic heterocycles. The molecule has 0 unspecified atom stereocenters. The van der Waals surface area contributed by atoms with Crippen molar-refractivity contribution in [2.75, 3.05) is 14.2 Å². The van der Waals surface area contributed by atoms with Crippen LogP contribution in [0.4, 0.5) is 0 Å². The number of rotatable bonds is 6. The Morgan fingerprint density at radius 1 is 1.28 bits per heavy atom. The molecular weight excluding hydrogens is 234 g/mol. The molecule has 0 heterocycles. The van der Waals surface area contributed by atoms with Crippen LogP contribution in [0.5, 0.6) is 11.5 Å². The molecule has 1 aromatic carbocycles. The average Bonchev–Trinajstić information content (AvgIpc) is 2.37. The van der Waals surface area contributed by atoms with Gasteiger partial charge < -0.3 is 15.2 Å². The first-order valence-electron chi connectivity index (χ1n) is 5.28. The van der Waals surface area contributed by atoms with Gasteiger partial charge in [-0.1, -0.05) is 12.2 Å². The number of hydrogen-bond donors (Lipinski definition) is 1. The number of nitrogens with two attached hydrogens (primary N) is 1. The summed E-state index contributed by atoms with van der Waals surface area (Å²) in [7, 11) is 2.99. The minimum absolute atomic E-state index is 0.127. The van der Waals surface area contributed by atoms with Crippen molar-refractivity contribution in [1.29, 1.82) is 0 Å². The highest BCUT2D eigenvalue weighted by atomic mass is 16.5. The van der Waals surface area contributed by atoms with Crippen molar-refractivity contribution in [3.05, 3.63) is 29.3 Å². The first kappa shape index (κ1) is 13.8. The Bertz CT molecular complexity index is 455. The van der Waals surface area contributed by atoms with E-state index in [1.807, 2.05) is 0 Å². The zero-order valence-electron chi connectivity index (χ0n) is 10.3. The molecule has 0 atom stereocenters. The standard InChI is InChI=1S/C13H15NO4/c1-17-11-6-9(8-15)7-12(18-2)10(11)4-3-5-13(14)16/h3-4,6-8H,5H2,1-2H3,(H2,14,16). The maximum absolute atomic E-state index is 10.8. The molecule has 0 aliphatic carbocycles. The predicted molar refractivity (Wildman–Crippen MR) is 67.8 cm³/mol. The van der Waals surface area contributed by atoms with Gasteiger partial charge in [0.15, 0.2) is 0 Å². The lowest BCUT2D eigenvalue weighted by atomic mass is 10.1. The fourth-order valence-corrected chi connectivity index (χ4v) is 1.48. The summed E-state index contributed by atoms with van der Waals surface area (Å²) in [5.41, 5.74) is 6.16. The van der Waals surface area contributed by atoms with E-state index in [-0.39, 0.29) is 6.42 Å². The molecule has 0 aliphatic rings. The van der Waals surface area contributed by atoms with Crippen LogP contribution >= 0.6 is 0 Å². The number of ether oxygens (including phenoxy) is 2. The third-order valence-corrected chi connectivity index (χ3v) is 2.31. The number of carbonyl (C=O) groups excluding carboxylic acids is 2. The fraction of sp³-hybridized carbons (Fsp3) is 0.231. The van der Waals surface area contributed by atoms with Gasteiger partial charge in [0.25, 0.3) is 0 Å². The van der Waals surface area contributed by atoms with Gasteiger partial charge in [-0.2, -0.15) is 0 Å². The molecule has 0 fully saturated rings. The molecule has 5 nitrogen and oxygen atoms in total. The summed E-state index contributed by atoms with van der Waals surface area (Å²) in [5.74, 6) is 0.572.